The molecule has 0 aromatic rings. The van der Waals surface area contributed by atoms with Crippen molar-refractivity contribution in [2.45, 2.75) is 30.6 Å². The van der Waals surface area contributed by atoms with Crippen molar-refractivity contribution in [1.29, 1.82) is 0 Å². The van der Waals surface area contributed by atoms with Gasteiger partial charge in [0, 0.05) is 0 Å². The van der Waals surface area contributed by atoms with E-state index in [-0.39, 0.29) is 29.6 Å². The molecule has 15 heteroatoms. The third kappa shape index (κ3) is 6.69. The van der Waals surface area contributed by atoms with E-state index in [0.29, 0.717) is 0 Å². The van der Waals surface area contributed by atoms with Crippen LogP contribution in [-0.4, -0.2) is 78.5 Å². The van der Waals surface area contributed by atoms with Crippen molar-refractivity contribution in [1.82, 2.24) is 4.72 Å². The largest absolute Gasteiger partial charge is 1.00 e. The van der Waals surface area contributed by atoms with Crippen LogP contribution in [0.4, 0.5) is 0 Å². The molecule has 0 unspecified atom stereocenters. The first-order valence-electron chi connectivity index (χ1n) is 4.96. The van der Waals surface area contributed by atoms with Gasteiger partial charge in [-0.25, -0.2) is 8.42 Å². The zero-order valence-electron chi connectivity index (χ0n) is 10.6. The van der Waals surface area contributed by atoms with Crippen molar-refractivity contribution >= 4 is 20.7 Å². The number of aliphatic hydroxyl groups excluding tert-OH is 3. The Morgan fingerprint density at radius 3 is 2.14 bits per heavy atom. The molecule has 0 aliphatic carbocycles. The summed E-state index contributed by atoms with van der Waals surface area (Å²) in [4.78, 5) is 0. The first-order valence-corrected chi connectivity index (χ1v) is 7.73. The molecule has 1 aliphatic heterocycles. The number of ether oxygens (including phenoxy) is 1. The van der Waals surface area contributed by atoms with Crippen LogP contribution in [0.2, 0.25) is 0 Å². The summed E-state index contributed by atoms with van der Waals surface area (Å²) in [5, 5.41) is 28.0. The average Bonchev–Trinajstić information content (AvgIpc) is 2.25. The molecule has 1 rings (SSSR count). The van der Waals surface area contributed by atoms with E-state index in [2.05, 4.69) is 8.92 Å². The molecular formula is C6H12NNaO11S2. The maximum absolute atomic E-state index is 10.7. The van der Waals surface area contributed by atoms with Crippen molar-refractivity contribution in [3.63, 3.8) is 0 Å². The normalized spacial score (nSPS) is 34.2. The molecule has 0 radical (unpaired) electrons. The zero-order chi connectivity index (χ0) is 15.7. The molecular weight excluding hydrogens is 349 g/mol. The van der Waals surface area contributed by atoms with Gasteiger partial charge in [-0.2, -0.15) is 13.1 Å². The zero-order valence-corrected chi connectivity index (χ0v) is 14.2. The molecule has 21 heavy (non-hydrogen) atoms. The van der Waals surface area contributed by atoms with E-state index >= 15 is 0 Å². The van der Waals surface area contributed by atoms with Crippen molar-refractivity contribution in [3.8, 4) is 0 Å². The van der Waals surface area contributed by atoms with Gasteiger partial charge in [0.25, 0.3) is 0 Å². The summed E-state index contributed by atoms with van der Waals surface area (Å²) >= 11 is 0. The van der Waals surface area contributed by atoms with Crippen LogP contribution in [0, 0.1) is 0 Å². The van der Waals surface area contributed by atoms with E-state index in [1.54, 1.807) is 0 Å². The molecule has 1 heterocycles. The third-order valence-corrected chi connectivity index (χ3v) is 3.42. The standard InChI is InChI=1S/C6H13NO11S2.Na/c8-1-2-4(9)3(7-19(11,12)13)5(6(10)17-2)18-20(14,15)16;/h2-10H,1H2,(H,11,12,13)(H,14,15,16);/q;+1/p-1/t2-,3+,4-,5-,6+;/m1./s1. The van der Waals surface area contributed by atoms with Crippen molar-refractivity contribution in [2.75, 3.05) is 6.61 Å². The Morgan fingerprint density at radius 2 is 1.76 bits per heavy atom. The minimum absolute atomic E-state index is 0. The van der Waals surface area contributed by atoms with E-state index in [0.717, 1.165) is 0 Å². The Morgan fingerprint density at radius 1 is 1.24 bits per heavy atom. The van der Waals surface area contributed by atoms with Crippen LogP contribution < -0.4 is 34.3 Å². The van der Waals surface area contributed by atoms with E-state index in [1.165, 1.54) is 4.72 Å². The second kappa shape index (κ2) is 7.91. The Bertz CT molecular complexity index is 535. The number of nitrogens with one attached hydrogen (secondary N) is 1. The fourth-order valence-electron chi connectivity index (χ4n) is 1.64. The fourth-order valence-corrected chi connectivity index (χ4v) is 2.75. The van der Waals surface area contributed by atoms with Crippen LogP contribution in [0.5, 0.6) is 0 Å². The maximum atomic E-state index is 10.7. The van der Waals surface area contributed by atoms with Gasteiger partial charge in [0.15, 0.2) is 6.29 Å². The van der Waals surface area contributed by atoms with Crippen molar-refractivity contribution in [2.24, 2.45) is 0 Å². The monoisotopic (exact) mass is 361 g/mol. The summed E-state index contributed by atoms with van der Waals surface area (Å²) in [6.07, 6.45) is -7.72. The van der Waals surface area contributed by atoms with Gasteiger partial charge in [0.05, 0.1) is 12.6 Å². The second-order valence-electron chi connectivity index (χ2n) is 3.83. The summed E-state index contributed by atoms with van der Waals surface area (Å²) in [5.74, 6) is 0. The molecule has 0 saturated carbocycles. The van der Waals surface area contributed by atoms with Gasteiger partial charge >= 0.3 is 39.9 Å². The molecule has 120 valence electrons. The van der Waals surface area contributed by atoms with Gasteiger partial charge in [0.1, 0.15) is 18.3 Å². The van der Waals surface area contributed by atoms with E-state index in [4.69, 9.17) is 9.66 Å². The summed E-state index contributed by atoms with van der Waals surface area (Å²) in [5.41, 5.74) is 0. The SMILES string of the molecule is O=S(=O)(O)N[C@H]1[C@H](O)[C@@H](CO)O[C@H](O)[C@@H]1OS(=O)(=O)[O-].[Na+]. The molecule has 5 N–H and O–H groups in total. The predicted octanol–water partition coefficient (Wildman–Crippen LogP) is -7.33. The Hall–Kier alpha value is 0.580. The van der Waals surface area contributed by atoms with Gasteiger partial charge in [-0.05, 0) is 0 Å². The molecule has 0 spiro atoms. The van der Waals surface area contributed by atoms with Crippen molar-refractivity contribution in [3.05, 3.63) is 0 Å². The van der Waals surface area contributed by atoms with Crippen LogP contribution in [0.1, 0.15) is 0 Å². The molecule has 0 amide bonds. The first kappa shape index (κ1) is 21.6. The number of rotatable bonds is 5. The molecule has 1 aliphatic rings. The molecule has 0 bridgehead atoms. The van der Waals surface area contributed by atoms with E-state index in [9.17, 15) is 31.6 Å². The summed E-state index contributed by atoms with van der Waals surface area (Å²) in [7, 11) is -10.3. The number of hydrogen-bond donors (Lipinski definition) is 5. The number of hydrogen-bond acceptors (Lipinski definition) is 10. The van der Waals surface area contributed by atoms with Crippen LogP contribution in [0.15, 0.2) is 0 Å². The summed E-state index contributed by atoms with van der Waals surface area (Å²) in [6, 6.07) is -1.95. The van der Waals surface area contributed by atoms with Crippen molar-refractivity contribution < 1.29 is 79.7 Å². The Balaban J connectivity index is 0.00000400. The van der Waals surface area contributed by atoms with Crippen LogP contribution in [0.25, 0.3) is 0 Å². The minimum Gasteiger partial charge on any atom is -0.726 e. The smallest absolute Gasteiger partial charge is 0.726 e. The molecule has 1 saturated heterocycles. The predicted molar refractivity (Wildman–Crippen MR) is 57.0 cm³/mol. The summed E-state index contributed by atoms with van der Waals surface area (Å²) < 4.78 is 71.4. The molecule has 0 aromatic carbocycles. The Labute approximate surface area is 142 Å². The summed E-state index contributed by atoms with van der Waals surface area (Å²) in [6.45, 7) is -0.862. The molecule has 0 aromatic heterocycles. The van der Waals surface area contributed by atoms with Gasteiger partial charge in [-0.15, -0.1) is 0 Å². The third-order valence-electron chi connectivity index (χ3n) is 2.39. The van der Waals surface area contributed by atoms with E-state index in [1.807, 2.05) is 0 Å². The molecule has 5 atom stereocenters. The molecule has 1 fully saturated rings. The Kier molecular flexibility index (Phi) is 8.13. The van der Waals surface area contributed by atoms with E-state index < -0.39 is 58.0 Å². The van der Waals surface area contributed by atoms with Crippen LogP contribution >= 0.6 is 0 Å². The van der Waals surface area contributed by atoms with Gasteiger partial charge in [-0.1, -0.05) is 0 Å². The topological polar surface area (TPSA) is 203 Å². The van der Waals surface area contributed by atoms with Crippen LogP contribution in [-0.2, 0) is 29.6 Å². The van der Waals surface area contributed by atoms with Gasteiger partial charge in [-0.3, -0.25) is 8.74 Å². The average molecular weight is 361 g/mol. The van der Waals surface area contributed by atoms with Crippen LogP contribution in [0.3, 0.4) is 0 Å². The van der Waals surface area contributed by atoms with Gasteiger partial charge < -0.3 is 24.6 Å². The number of aliphatic hydroxyl groups is 3. The quantitative estimate of drug-likeness (QED) is 0.177. The first-order chi connectivity index (χ1) is 8.94. The maximum Gasteiger partial charge on any atom is 1.00 e. The van der Waals surface area contributed by atoms with Gasteiger partial charge in [0.2, 0.25) is 10.4 Å². The fraction of sp³-hybridized carbons (Fsp3) is 1.00. The second-order valence-corrected chi connectivity index (χ2v) is 6.02. The molecule has 12 nitrogen and oxygen atoms in total. The minimum atomic E-state index is -5.37.